The maximum Gasteiger partial charge on any atom is 0.0605 e. The van der Waals surface area contributed by atoms with Gasteiger partial charge in [0.1, 0.15) is 0 Å². The molecule has 2 aromatic carbocycles. The van der Waals surface area contributed by atoms with Crippen molar-refractivity contribution >= 4 is 23.0 Å². The van der Waals surface area contributed by atoms with Crippen LogP contribution in [0.4, 0.5) is 11.4 Å². The SMILES string of the molecule is Nc1ccc(C#CCN2CCC(Cc3ccc(Cl)cc3)CC2)cc1N. The fourth-order valence-electron chi connectivity index (χ4n) is 3.21. The standard InChI is InChI=1S/C21H24ClN3/c22-19-6-3-17(4-7-19)14-18-9-12-25(13-10-18)11-1-2-16-5-8-20(23)21(24)15-16/h3-8,15,18H,9-14,23-24H2. The zero-order chi connectivity index (χ0) is 17.6. The number of hydrogen-bond donors (Lipinski definition) is 2. The molecule has 1 aliphatic heterocycles. The minimum absolute atomic E-state index is 0.592. The maximum absolute atomic E-state index is 5.95. The van der Waals surface area contributed by atoms with Crippen LogP contribution in [0, 0.1) is 17.8 Å². The molecule has 1 fully saturated rings. The van der Waals surface area contributed by atoms with Crippen molar-refractivity contribution in [3.05, 3.63) is 58.6 Å². The number of anilines is 2. The Hall–Kier alpha value is -2.15. The Morgan fingerprint density at radius 1 is 1.00 bits per heavy atom. The van der Waals surface area contributed by atoms with E-state index in [1.165, 1.54) is 18.4 Å². The maximum atomic E-state index is 5.95. The van der Waals surface area contributed by atoms with Gasteiger partial charge in [-0.3, -0.25) is 4.90 Å². The van der Waals surface area contributed by atoms with Crippen LogP contribution in [0.5, 0.6) is 0 Å². The van der Waals surface area contributed by atoms with Gasteiger partial charge in [0.05, 0.1) is 17.9 Å². The summed E-state index contributed by atoms with van der Waals surface area (Å²) in [6.07, 6.45) is 3.58. The molecule has 0 unspecified atom stereocenters. The molecule has 0 aliphatic carbocycles. The number of nitrogen functional groups attached to an aromatic ring is 2. The van der Waals surface area contributed by atoms with E-state index in [-0.39, 0.29) is 0 Å². The molecule has 1 saturated heterocycles. The van der Waals surface area contributed by atoms with Crippen LogP contribution in [0.1, 0.15) is 24.0 Å². The third-order valence-electron chi connectivity index (χ3n) is 4.77. The number of benzene rings is 2. The van der Waals surface area contributed by atoms with Crippen LogP contribution in [0.2, 0.25) is 5.02 Å². The highest BCUT2D eigenvalue weighted by Crippen LogP contribution is 2.22. The van der Waals surface area contributed by atoms with Gasteiger partial charge in [-0.05, 0) is 74.2 Å². The highest BCUT2D eigenvalue weighted by Gasteiger charge is 2.18. The first kappa shape index (κ1) is 17.7. The molecule has 1 heterocycles. The van der Waals surface area contributed by atoms with Gasteiger partial charge in [0, 0.05) is 10.6 Å². The van der Waals surface area contributed by atoms with Crippen LogP contribution in [-0.2, 0) is 6.42 Å². The largest absolute Gasteiger partial charge is 0.397 e. The van der Waals surface area contributed by atoms with E-state index in [0.717, 1.165) is 42.6 Å². The van der Waals surface area contributed by atoms with Crippen molar-refractivity contribution in [2.75, 3.05) is 31.1 Å². The second-order valence-electron chi connectivity index (χ2n) is 6.70. The lowest BCUT2D eigenvalue weighted by Gasteiger charge is -2.30. The molecular formula is C21H24ClN3. The van der Waals surface area contributed by atoms with E-state index in [1.807, 2.05) is 30.3 Å². The fourth-order valence-corrected chi connectivity index (χ4v) is 3.33. The van der Waals surface area contributed by atoms with E-state index in [9.17, 15) is 0 Å². The number of hydrogen-bond acceptors (Lipinski definition) is 3. The Morgan fingerprint density at radius 3 is 2.40 bits per heavy atom. The Morgan fingerprint density at radius 2 is 1.72 bits per heavy atom. The first-order valence-corrected chi connectivity index (χ1v) is 9.08. The fraction of sp³-hybridized carbons (Fsp3) is 0.333. The summed E-state index contributed by atoms with van der Waals surface area (Å²) < 4.78 is 0. The van der Waals surface area contributed by atoms with Crippen molar-refractivity contribution in [2.45, 2.75) is 19.3 Å². The predicted octanol–water partition coefficient (Wildman–Crippen LogP) is 3.81. The normalized spacial score (nSPS) is 15.6. The van der Waals surface area contributed by atoms with Crippen molar-refractivity contribution in [3.8, 4) is 11.8 Å². The quantitative estimate of drug-likeness (QED) is 0.651. The summed E-state index contributed by atoms with van der Waals surface area (Å²) in [6.45, 7) is 3.02. The van der Waals surface area contributed by atoms with Gasteiger partial charge in [0.15, 0.2) is 0 Å². The molecule has 0 bridgehead atoms. The Balaban J connectivity index is 1.45. The van der Waals surface area contributed by atoms with Crippen LogP contribution < -0.4 is 11.5 Å². The monoisotopic (exact) mass is 353 g/mol. The van der Waals surface area contributed by atoms with Crippen LogP contribution in [0.3, 0.4) is 0 Å². The average Bonchev–Trinajstić information content (AvgIpc) is 2.61. The van der Waals surface area contributed by atoms with Gasteiger partial charge in [0.25, 0.3) is 0 Å². The molecule has 0 spiro atoms. The van der Waals surface area contributed by atoms with E-state index in [2.05, 4.69) is 28.9 Å². The van der Waals surface area contributed by atoms with Gasteiger partial charge in [-0.15, -0.1) is 0 Å². The van der Waals surface area contributed by atoms with Crippen molar-refractivity contribution in [2.24, 2.45) is 5.92 Å². The van der Waals surface area contributed by atoms with Crippen molar-refractivity contribution in [3.63, 3.8) is 0 Å². The van der Waals surface area contributed by atoms with E-state index >= 15 is 0 Å². The van der Waals surface area contributed by atoms with Gasteiger partial charge in [-0.1, -0.05) is 35.6 Å². The Labute approximate surface area is 155 Å². The molecule has 25 heavy (non-hydrogen) atoms. The Bertz CT molecular complexity index is 766. The summed E-state index contributed by atoms with van der Waals surface area (Å²) in [6, 6.07) is 13.8. The van der Waals surface area contributed by atoms with Crippen LogP contribution in [0.25, 0.3) is 0 Å². The molecule has 4 heteroatoms. The summed E-state index contributed by atoms with van der Waals surface area (Å²) in [5, 5.41) is 0.806. The third kappa shape index (κ3) is 5.16. The zero-order valence-electron chi connectivity index (χ0n) is 14.3. The van der Waals surface area contributed by atoms with Crippen molar-refractivity contribution in [1.29, 1.82) is 0 Å². The van der Waals surface area contributed by atoms with E-state index in [0.29, 0.717) is 11.4 Å². The summed E-state index contributed by atoms with van der Waals surface area (Å²) in [5.74, 6) is 7.18. The molecule has 0 atom stereocenters. The Kier molecular flexibility index (Phi) is 5.86. The van der Waals surface area contributed by atoms with Gasteiger partial charge in [0.2, 0.25) is 0 Å². The smallest absolute Gasteiger partial charge is 0.0605 e. The number of likely N-dealkylation sites (tertiary alicyclic amines) is 1. The van der Waals surface area contributed by atoms with Crippen molar-refractivity contribution in [1.82, 2.24) is 4.90 Å². The average molecular weight is 354 g/mol. The molecule has 1 aliphatic rings. The molecule has 0 aromatic heterocycles. The summed E-state index contributed by atoms with van der Waals surface area (Å²) >= 11 is 5.95. The minimum atomic E-state index is 0.592. The van der Waals surface area contributed by atoms with Gasteiger partial charge < -0.3 is 11.5 Å². The summed E-state index contributed by atoms with van der Waals surface area (Å²) in [5.41, 5.74) is 15.0. The molecule has 2 aromatic rings. The zero-order valence-corrected chi connectivity index (χ0v) is 15.1. The number of rotatable bonds is 3. The lowest BCUT2D eigenvalue weighted by atomic mass is 9.90. The van der Waals surface area contributed by atoms with Crippen LogP contribution in [-0.4, -0.2) is 24.5 Å². The number of piperidine rings is 1. The van der Waals surface area contributed by atoms with E-state index < -0.39 is 0 Å². The third-order valence-corrected chi connectivity index (χ3v) is 5.02. The van der Waals surface area contributed by atoms with Gasteiger partial charge >= 0.3 is 0 Å². The molecule has 3 rings (SSSR count). The molecule has 0 amide bonds. The molecule has 4 N–H and O–H groups in total. The van der Waals surface area contributed by atoms with Gasteiger partial charge in [-0.2, -0.15) is 0 Å². The molecule has 0 radical (unpaired) electrons. The second kappa shape index (κ2) is 8.29. The first-order valence-electron chi connectivity index (χ1n) is 8.71. The highest BCUT2D eigenvalue weighted by molar-refractivity contribution is 6.30. The van der Waals surface area contributed by atoms with Crippen LogP contribution in [0.15, 0.2) is 42.5 Å². The van der Waals surface area contributed by atoms with Crippen molar-refractivity contribution < 1.29 is 0 Å². The topological polar surface area (TPSA) is 55.3 Å². The predicted molar refractivity (Wildman–Crippen MR) is 106 cm³/mol. The number of halogens is 1. The minimum Gasteiger partial charge on any atom is -0.397 e. The summed E-state index contributed by atoms with van der Waals surface area (Å²) in [4.78, 5) is 2.42. The molecule has 130 valence electrons. The van der Waals surface area contributed by atoms with Crippen LogP contribution >= 0.6 is 11.6 Å². The van der Waals surface area contributed by atoms with E-state index in [4.69, 9.17) is 23.1 Å². The summed E-state index contributed by atoms with van der Waals surface area (Å²) in [7, 11) is 0. The lowest BCUT2D eigenvalue weighted by Crippen LogP contribution is -2.34. The lowest BCUT2D eigenvalue weighted by molar-refractivity contribution is 0.203. The number of nitrogens with zero attached hydrogens (tertiary/aromatic N) is 1. The molecular weight excluding hydrogens is 330 g/mol. The highest BCUT2D eigenvalue weighted by atomic mass is 35.5. The van der Waals surface area contributed by atoms with Gasteiger partial charge in [-0.25, -0.2) is 0 Å². The second-order valence-corrected chi connectivity index (χ2v) is 7.13. The van der Waals surface area contributed by atoms with E-state index in [1.54, 1.807) is 0 Å². The number of nitrogens with two attached hydrogens (primary N) is 2. The molecule has 3 nitrogen and oxygen atoms in total. The molecule has 0 saturated carbocycles. The first-order chi connectivity index (χ1) is 12.1.